The van der Waals surface area contributed by atoms with Gasteiger partial charge in [-0.15, -0.1) is 9.78 Å². The molecule has 0 radical (unpaired) electrons. The number of anilines is 2. The number of nitriles is 1. The molecule has 0 bridgehead atoms. The number of ether oxygens (including phenoxy) is 2. The van der Waals surface area contributed by atoms with Crippen molar-refractivity contribution in [2.24, 2.45) is 0 Å². The quantitative estimate of drug-likeness (QED) is 0.250. The molecule has 0 saturated heterocycles. The highest BCUT2D eigenvalue weighted by Gasteiger charge is 2.37. The Kier molecular flexibility index (Phi) is 8.96. The van der Waals surface area contributed by atoms with E-state index in [1.807, 2.05) is 6.07 Å². The number of carbonyl (C=O) groups is 3. The van der Waals surface area contributed by atoms with Crippen LogP contribution >= 0.6 is 11.6 Å². The van der Waals surface area contributed by atoms with Crippen LogP contribution < -0.4 is 9.62 Å². The number of hydrogen-bond donors (Lipinski definition) is 2. The van der Waals surface area contributed by atoms with Crippen molar-refractivity contribution in [3.63, 3.8) is 0 Å². The van der Waals surface area contributed by atoms with Crippen molar-refractivity contribution < 1.29 is 37.4 Å². The Hall–Kier alpha value is -5.27. The van der Waals surface area contributed by atoms with E-state index in [-0.39, 0.29) is 38.0 Å². The molecule has 2 aromatic heterocycles. The third kappa shape index (κ3) is 7.50. The fourth-order valence-corrected chi connectivity index (χ4v) is 5.38. The molecule has 2 aromatic carbocycles. The molecule has 0 aliphatic heterocycles. The second-order valence-corrected chi connectivity index (χ2v) is 13.8. The van der Waals surface area contributed by atoms with Crippen molar-refractivity contribution in [2.45, 2.75) is 57.6 Å². The van der Waals surface area contributed by atoms with E-state index in [0.717, 1.165) is 6.07 Å². The van der Waals surface area contributed by atoms with E-state index in [2.05, 4.69) is 19.8 Å². The average Bonchev–Trinajstić information content (AvgIpc) is 3.30. The molecule has 15 nitrogen and oxygen atoms in total. The number of sulfonamides is 1. The predicted octanol–water partition coefficient (Wildman–Crippen LogP) is 6.02. The first-order valence-corrected chi connectivity index (χ1v) is 15.2. The maximum Gasteiger partial charge on any atom is 0.434 e. The van der Waals surface area contributed by atoms with Gasteiger partial charge in [0.2, 0.25) is 0 Å². The molecule has 17 heteroatoms. The molecule has 0 atom stereocenters. The van der Waals surface area contributed by atoms with Gasteiger partial charge in [-0.05, 0) is 84.0 Å². The SMILES string of the molecule is CC(C)(C)OC(=O)N(C(=O)OC(C)(C)C)c1nn(C(=O)O)c2nc(-c3ccc(NS(=O)(=O)c4cc(Cl)ccc4C#N)cc3)ncc12. The molecule has 4 rings (SSSR count). The maximum absolute atomic E-state index is 13.2. The molecule has 0 aliphatic rings. The Morgan fingerprint density at radius 2 is 1.59 bits per heavy atom. The highest BCUT2D eigenvalue weighted by Crippen LogP contribution is 2.30. The molecule has 2 heterocycles. The Bertz CT molecular complexity index is 1980. The van der Waals surface area contributed by atoms with E-state index >= 15 is 0 Å². The number of fused-ring (bicyclic) bond motifs is 1. The number of benzene rings is 2. The highest BCUT2D eigenvalue weighted by molar-refractivity contribution is 7.92. The van der Waals surface area contributed by atoms with Gasteiger partial charge in [-0.3, -0.25) is 4.72 Å². The lowest BCUT2D eigenvalue weighted by Gasteiger charge is -2.27. The van der Waals surface area contributed by atoms with Gasteiger partial charge in [-0.1, -0.05) is 11.6 Å². The summed E-state index contributed by atoms with van der Waals surface area (Å²) in [6.07, 6.45) is -2.72. The summed E-state index contributed by atoms with van der Waals surface area (Å²) >= 11 is 5.94. The molecule has 4 aromatic rings. The minimum atomic E-state index is -4.19. The van der Waals surface area contributed by atoms with Crippen LogP contribution in [0, 0.1) is 11.3 Å². The molecule has 46 heavy (non-hydrogen) atoms. The molecule has 2 amide bonds. The number of carboxylic acid groups (broad SMARTS) is 1. The minimum absolute atomic E-state index is 0.0125. The van der Waals surface area contributed by atoms with Crippen molar-refractivity contribution in [3.8, 4) is 17.5 Å². The average molecular weight is 670 g/mol. The van der Waals surface area contributed by atoms with Crippen LogP contribution in [-0.4, -0.2) is 62.8 Å². The number of nitrogens with zero attached hydrogens (tertiary/aromatic N) is 6. The molecular formula is C29H28ClN7O8S. The van der Waals surface area contributed by atoms with Gasteiger partial charge in [0, 0.05) is 22.5 Å². The Morgan fingerprint density at radius 1 is 1.00 bits per heavy atom. The summed E-state index contributed by atoms with van der Waals surface area (Å²) in [7, 11) is -4.19. The van der Waals surface area contributed by atoms with Crippen LogP contribution in [0.4, 0.5) is 25.9 Å². The first kappa shape index (κ1) is 33.6. The van der Waals surface area contributed by atoms with E-state index in [9.17, 15) is 33.2 Å². The lowest BCUT2D eigenvalue weighted by atomic mass is 10.2. The smallest absolute Gasteiger partial charge is 0.434 e. The van der Waals surface area contributed by atoms with Gasteiger partial charge in [-0.2, -0.15) is 10.2 Å². The van der Waals surface area contributed by atoms with Gasteiger partial charge in [0.1, 0.15) is 22.2 Å². The largest absolute Gasteiger partial charge is 0.463 e. The van der Waals surface area contributed by atoms with E-state index in [1.165, 1.54) is 42.6 Å². The number of nitrogens with one attached hydrogen (secondary N) is 1. The normalized spacial score (nSPS) is 11.9. The van der Waals surface area contributed by atoms with Crippen LogP contribution in [0.3, 0.4) is 0 Å². The Balaban J connectivity index is 1.73. The second-order valence-electron chi connectivity index (χ2n) is 11.7. The second kappa shape index (κ2) is 12.3. The zero-order valence-corrected chi connectivity index (χ0v) is 27.0. The molecule has 2 N–H and O–H groups in total. The van der Waals surface area contributed by atoms with Crippen LogP contribution in [0.1, 0.15) is 47.1 Å². The molecular weight excluding hydrogens is 642 g/mol. The van der Waals surface area contributed by atoms with E-state index in [0.29, 0.717) is 15.1 Å². The predicted molar refractivity (Wildman–Crippen MR) is 166 cm³/mol. The first-order valence-electron chi connectivity index (χ1n) is 13.4. The van der Waals surface area contributed by atoms with Crippen LogP contribution in [0.15, 0.2) is 53.6 Å². The fraction of sp³-hybridized carbons (Fsp3) is 0.276. The van der Waals surface area contributed by atoms with Gasteiger partial charge < -0.3 is 14.6 Å². The molecule has 0 aliphatic carbocycles. The lowest BCUT2D eigenvalue weighted by Crippen LogP contribution is -2.44. The highest BCUT2D eigenvalue weighted by atomic mass is 35.5. The van der Waals surface area contributed by atoms with Crippen molar-refractivity contribution >= 4 is 62.4 Å². The summed E-state index contributed by atoms with van der Waals surface area (Å²) in [5, 5.41) is 23.2. The molecule has 0 fully saturated rings. The number of aromatic nitrogens is 4. The van der Waals surface area contributed by atoms with Crippen molar-refractivity contribution in [1.82, 2.24) is 19.7 Å². The van der Waals surface area contributed by atoms with E-state index in [4.69, 9.17) is 21.1 Å². The van der Waals surface area contributed by atoms with Crippen LogP contribution in [-0.2, 0) is 19.5 Å². The lowest BCUT2D eigenvalue weighted by molar-refractivity contribution is 0.0428. The number of carbonyl (C=O) groups excluding carboxylic acids is 2. The maximum atomic E-state index is 13.2. The zero-order chi connectivity index (χ0) is 34.2. The van der Waals surface area contributed by atoms with Crippen LogP contribution in [0.2, 0.25) is 5.02 Å². The Morgan fingerprint density at radius 3 is 2.11 bits per heavy atom. The summed E-state index contributed by atoms with van der Waals surface area (Å²) in [5.41, 5.74) is -1.93. The molecule has 0 spiro atoms. The van der Waals surface area contributed by atoms with E-state index in [1.54, 1.807) is 41.5 Å². The number of amides is 2. The third-order valence-corrected chi connectivity index (χ3v) is 7.36. The number of halogens is 1. The summed E-state index contributed by atoms with van der Waals surface area (Å²) < 4.78 is 39.5. The van der Waals surface area contributed by atoms with E-state index < -0.39 is 45.3 Å². The molecule has 240 valence electrons. The van der Waals surface area contributed by atoms with Crippen molar-refractivity contribution in [3.05, 3.63) is 59.2 Å². The van der Waals surface area contributed by atoms with Gasteiger partial charge in [0.15, 0.2) is 17.3 Å². The summed E-state index contributed by atoms with van der Waals surface area (Å²) in [6.45, 7) is 9.49. The van der Waals surface area contributed by atoms with Crippen molar-refractivity contribution in [1.29, 1.82) is 5.26 Å². The third-order valence-electron chi connectivity index (χ3n) is 5.70. The number of hydrogen-bond acceptors (Lipinski definition) is 11. The Labute approximate surface area is 268 Å². The van der Waals surface area contributed by atoms with Gasteiger partial charge in [0.25, 0.3) is 10.0 Å². The van der Waals surface area contributed by atoms with Crippen LogP contribution in [0.25, 0.3) is 22.4 Å². The topological polar surface area (TPSA) is 207 Å². The number of imide groups is 1. The summed E-state index contributed by atoms with van der Waals surface area (Å²) in [4.78, 5) is 47.2. The summed E-state index contributed by atoms with van der Waals surface area (Å²) in [6, 6.07) is 11.4. The van der Waals surface area contributed by atoms with Crippen LogP contribution in [0.5, 0.6) is 0 Å². The molecule has 0 unspecified atom stereocenters. The monoisotopic (exact) mass is 669 g/mol. The summed E-state index contributed by atoms with van der Waals surface area (Å²) in [5.74, 6) is -0.423. The minimum Gasteiger partial charge on any atom is -0.463 e. The van der Waals surface area contributed by atoms with Gasteiger partial charge in [0.05, 0.1) is 10.9 Å². The zero-order valence-electron chi connectivity index (χ0n) is 25.4. The van der Waals surface area contributed by atoms with Gasteiger partial charge >= 0.3 is 18.3 Å². The fourth-order valence-electron chi connectivity index (χ4n) is 3.90. The first-order chi connectivity index (χ1) is 21.3. The molecule has 0 saturated carbocycles. The van der Waals surface area contributed by atoms with Crippen molar-refractivity contribution in [2.75, 3.05) is 9.62 Å². The number of rotatable bonds is 5. The van der Waals surface area contributed by atoms with Gasteiger partial charge in [-0.25, -0.2) is 32.8 Å². The standard InChI is InChI=1S/C29H28ClN7O8S/c1-28(2,3)44-26(40)36(27(41)45-29(4,5)6)24-20-15-32-22(33-23(20)37(34-24)25(38)39)16-8-11-19(12-9-16)35-46(42,43)21-13-18(30)10-7-17(21)14-31/h7-13,15,35H,1-6H3,(H,38,39).